The van der Waals surface area contributed by atoms with Crippen molar-refractivity contribution >= 4 is 9.84 Å². The first kappa shape index (κ1) is 17.2. The van der Waals surface area contributed by atoms with Crippen LogP contribution in [0.3, 0.4) is 0 Å². The highest BCUT2D eigenvalue weighted by Crippen LogP contribution is 2.30. The minimum Gasteiger partial charge on any atom is -0.496 e. The fraction of sp³-hybridized carbons (Fsp3) is 0.625. The minimum atomic E-state index is -3.01. The molecule has 1 aliphatic heterocycles. The van der Waals surface area contributed by atoms with Crippen LogP contribution in [0.1, 0.15) is 25.5 Å². The Balaban J connectivity index is 2.15. The molecule has 1 atom stereocenters. The van der Waals surface area contributed by atoms with Crippen LogP contribution in [0.25, 0.3) is 0 Å². The summed E-state index contributed by atoms with van der Waals surface area (Å²) in [4.78, 5) is 2.24. The van der Waals surface area contributed by atoms with Gasteiger partial charge in [-0.15, -0.1) is 0 Å². The molecule has 0 spiro atoms. The number of para-hydroxylation sites is 1. The van der Waals surface area contributed by atoms with Gasteiger partial charge in [0.1, 0.15) is 5.75 Å². The largest absolute Gasteiger partial charge is 0.496 e. The second-order valence-electron chi connectivity index (χ2n) is 5.91. The highest BCUT2D eigenvalue weighted by atomic mass is 32.2. The summed E-state index contributed by atoms with van der Waals surface area (Å²) < 4.78 is 29.6. The number of piperazine rings is 1. The Kier molecular flexibility index (Phi) is 5.83. The molecule has 0 bridgehead atoms. The van der Waals surface area contributed by atoms with Gasteiger partial charge in [-0.05, 0) is 19.9 Å². The molecule has 1 unspecified atom stereocenters. The summed E-state index contributed by atoms with van der Waals surface area (Å²) >= 11 is 0. The van der Waals surface area contributed by atoms with Crippen molar-refractivity contribution in [3.63, 3.8) is 0 Å². The number of rotatable bonds is 6. The average Bonchev–Trinajstić information content (AvgIpc) is 2.53. The van der Waals surface area contributed by atoms with Gasteiger partial charge in [0, 0.05) is 31.7 Å². The van der Waals surface area contributed by atoms with Gasteiger partial charge >= 0.3 is 0 Å². The van der Waals surface area contributed by atoms with Crippen LogP contribution in [0.15, 0.2) is 24.3 Å². The summed E-state index contributed by atoms with van der Waals surface area (Å²) in [5.74, 6) is 1.06. The third-order valence-electron chi connectivity index (χ3n) is 4.23. The van der Waals surface area contributed by atoms with Crippen LogP contribution in [0.4, 0.5) is 0 Å². The van der Waals surface area contributed by atoms with Crippen LogP contribution in [-0.4, -0.2) is 57.6 Å². The van der Waals surface area contributed by atoms with E-state index in [1.165, 1.54) is 0 Å². The van der Waals surface area contributed by atoms with Crippen molar-refractivity contribution in [2.24, 2.45) is 0 Å². The van der Waals surface area contributed by atoms with E-state index in [4.69, 9.17) is 4.74 Å². The molecule has 1 N–H and O–H groups in total. The highest BCUT2D eigenvalue weighted by Gasteiger charge is 2.27. The molecule has 1 fully saturated rings. The number of nitrogens with zero attached hydrogens (tertiary/aromatic N) is 1. The van der Waals surface area contributed by atoms with E-state index in [0.29, 0.717) is 6.54 Å². The Morgan fingerprint density at radius 1 is 1.36 bits per heavy atom. The van der Waals surface area contributed by atoms with Gasteiger partial charge in [-0.2, -0.15) is 0 Å². The van der Waals surface area contributed by atoms with Crippen LogP contribution < -0.4 is 10.1 Å². The molecule has 2 rings (SSSR count). The molecule has 0 aliphatic carbocycles. The number of sulfone groups is 1. The lowest BCUT2D eigenvalue weighted by atomic mass is 10.0. The van der Waals surface area contributed by atoms with Gasteiger partial charge in [0.25, 0.3) is 0 Å². The van der Waals surface area contributed by atoms with Crippen LogP contribution in [0, 0.1) is 0 Å². The molecule has 22 heavy (non-hydrogen) atoms. The lowest BCUT2D eigenvalue weighted by Gasteiger charge is -2.37. The number of nitrogens with one attached hydrogen (secondary N) is 1. The van der Waals surface area contributed by atoms with Crippen molar-refractivity contribution in [1.29, 1.82) is 0 Å². The maximum atomic E-state index is 12.1. The predicted octanol–water partition coefficient (Wildman–Crippen LogP) is 1.46. The van der Waals surface area contributed by atoms with Gasteiger partial charge in [-0.25, -0.2) is 8.42 Å². The van der Waals surface area contributed by atoms with Crippen molar-refractivity contribution in [2.75, 3.05) is 39.0 Å². The standard InChI is InChI=1S/C16H26N2O3S/c1-13(2)22(19,20)11-10-18-9-8-17-12-15(18)14-6-4-5-7-16(14)21-3/h4-7,13,15,17H,8-12H2,1-3H3. The quantitative estimate of drug-likeness (QED) is 0.858. The third kappa shape index (κ3) is 4.00. The molecule has 1 aliphatic rings. The zero-order chi connectivity index (χ0) is 16.2. The maximum Gasteiger partial charge on any atom is 0.153 e. The molecule has 0 radical (unpaired) electrons. The second kappa shape index (κ2) is 7.44. The van der Waals surface area contributed by atoms with E-state index in [1.54, 1.807) is 21.0 Å². The third-order valence-corrected chi connectivity index (χ3v) is 6.42. The smallest absolute Gasteiger partial charge is 0.153 e. The Bertz CT molecular complexity index is 587. The SMILES string of the molecule is COc1ccccc1C1CNCCN1CCS(=O)(=O)C(C)C. The van der Waals surface area contributed by atoms with Gasteiger partial charge < -0.3 is 10.1 Å². The van der Waals surface area contributed by atoms with Crippen LogP contribution in [0.2, 0.25) is 0 Å². The first-order chi connectivity index (χ1) is 10.5. The van der Waals surface area contributed by atoms with Crippen LogP contribution in [-0.2, 0) is 9.84 Å². The molecule has 0 saturated carbocycles. The Hall–Kier alpha value is -1.11. The summed E-state index contributed by atoms with van der Waals surface area (Å²) in [6.07, 6.45) is 0. The summed E-state index contributed by atoms with van der Waals surface area (Å²) in [6, 6.07) is 8.10. The Labute approximate surface area is 133 Å². The molecular formula is C16H26N2O3S. The van der Waals surface area contributed by atoms with E-state index in [1.807, 2.05) is 18.2 Å². The van der Waals surface area contributed by atoms with Crippen molar-refractivity contribution in [3.8, 4) is 5.75 Å². The summed E-state index contributed by atoms with van der Waals surface area (Å²) in [5, 5.41) is 3.07. The monoisotopic (exact) mass is 326 g/mol. The number of hydrogen-bond acceptors (Lipinski definition) is 5. The van der Waals surface area contributed by atoms with Crippen molar-refractivity contribution in [2.45, 2.75) is 25.1 Å². The second-order valence-corrected chi connectivity index (χ2v) is 8.59. The summed E-state index contributed by atoms with van der Waals surface area (Å²) in [7, 11) is -1.34. The number of benzene rings is 1. The van der Waals surface area contributed by atoms with Crippen molar-refractivity contribution < 1.29 is 13.2 Å². The summed E-state index contributed by atoms with van der Waals surface area (Å²) in [6.45, 7) is 6.58. The summed E-state index contributed by atoms with van der Waals surface area (Å²) in [5.41, 5.74) is 1.11. The zero-order valence-electron chi connectivity index (χ0n) is 13.6. The van der Waals surface area contributed by atoms with E-state index >= 15 is 0 Å². The maximum absolute atomic E-state index is 12.1. The first-order valence-corrected chi connectivity index (χ1v) is 9.46. The highest BCUT2D eigenvalue weighted by molar-refractivity contribution is 7.92. The molecule has 6 heteroatoms. The molecule has 5 nitrogen and oxygen atoms in total. The van der Waals surface area contributed by atoms with E-state index in [0.717, 1.165) is 30.9 Å². The number of ether oxygens (including phenoxy) is 1. The lowest BCUT2D eigenvalue weighted by Crippen LogP contribution is -2.47. The van der Waals surface area contributed by atoms with E-state index < -0.39 is 9.84 Å². The zero-order valence-corrected chi connectivity index (χ0v) is 14.4. The first-order valence-electron chi connectivity index (χ1n) is 7.75. The Morgan fingerprint density at radius 3 is 2.77 bits per heavy atom. The molecule has 0 amide bonds. The normalized spacial score (nSPS) is 20.3. The van der Waals surface area contributed by atoms with Crippen molar-refractivity contribution in [3.05, 3.63) is 29.8 Å². The van der Waals surface area contributed by atoms with Gasteiger partial charge in [-0.1, -0.05) is 18.2 Å². The average molecular weight is 326 g/mol. The number of hydrogen-bond donors (Lipinski definition) is 1. The molecule has 0 aromatic heterocycles. The van der Waals surface area contributed by atoms with Gasteiger partial charge in [0.2, 0.25) is 0 Å². The van der Waals surface area contributed by atoms with Crippen LogP contribution >= 0.6 is 0 Å². The molecule has 1 heterocycles. The van der Waals surface area contributed by atoms with Crippen LogP contribution in [0.5, 0.6) is 5.75 Å². The predicted molar refractivity (Wildman–Crippen MR) is 89.1 cm³/mol. The fourth-order valence-electron chi connectivity index (χ4n) is 2.74. The molecule has 1 saturated heterocycles. The van der Waals surface area contributed by atoms with E-state index in [2.05, 4.69) is 16.3 Å². The van der Waals surface area contributed by atoms with E-state index in [9.17, 15) is 8.42 Å². The Morgan fingerprint density at radius 2 is 2.09 bits per heavy atom. The molecular weight excluding hydrogens is 300 g/mol. The van der Waals surface area contributed by atoms with E-state index in [-0.39, 0.29) is 17.0 Å². The topological polar surface area (TPSA) is 58.6 Å². The molecule has 124 valence electrons. The number of methoxy groups -OCH3 is 1. The minimum absolute atomic E-state index is 0.146. The fourth-order valence-corrected chi connectivity index (χ4v) is 3.70. The molecule has 1 aromatic rings. The van der Waals surface area contributed by atoms with Gasteiger partial charge in [0.05, 0.1) is 24.2 Å². The van der Waals surface area contributed by atoms with Crippen molar-refractivity contribution in [1.82, 2.24) is 10.2 Å². The van der Waals surface area contributed by atoms with Gasteiger partial charge in [-0.3, -0.25) is 4.90 Å². The lowest BCUT2D eigenvalue weighted by molar-refractivity contribution is 0.168. The molecule has 1 aromatic carbocycles. The van der Waals surface area contributed by atoms with Gasteiger partial charge in [0.15, 0.2) is 9.84 Å².